The van der Waals surface area contributed by atoms with Crippen molar-refractivity contribution in [2.45, 2.75) is 52.5 Å². The van der Waals surface area contributed by atoms with E-state index in [2.05, 4.69) is 5.32 Å². The number of aromatic nitrogens is 2. The van der Waals surface area contributed by atoms with Crippen molar-refractivity contribution in [3.8, 4) is 5.75 Å². The molecule has 0 atom stereocenters. The molecule has 0 unspecified atom stereocenters. The summed E-state index contributed by atoms with van der Waals surface area (Å²) in [6.45, 7) is 7.19. The second-order valence-corrected chi connectivity index (χ2v) is 7.62. The molecule has 3 rings (SSSR count). The third-order valence-corrected chi connectivity index (χ3v) is 5.27. The SMILES string of the molecule is CCOc1cccc(C(=O)OCCCn2nc(CC)c3c2CCCOCCCNC3=O)c1. The zero-order chi connectivity index (χ0) is 22.8. The van der Waals surface area contributed by atoms with E-state index in [0.29, 0.717) is 62.6 Å². The predicted octanol–water partition coefficient (Wildman–Crippen LogP) is 3.17. The zero-order valence-corrected chi connectivity index (χ0v) is 19.0. The monoisotopic (exact) mass is 443 g/mol. The lowest BCUT2D eigenvalue weighted by Gasteiger charge is -2.10. The maximum absolute atomic E-state index is 12.8. The van der Waals surface area contributed by atoms with Crippen molar-refractivity contribution in [3.63, 3.8) is 0 Å². The molecule has 0 bridgehead atoms. The number of carbonyl (C=O) groups excluding carboxylic acids is 2. The molecule has 0 saturated carbocycles. The number of esters is 1. The van der Waals surface area contributed by atoms with E-state index in [0.717, 1.165) is 30.7 Å². The van der Waals surface area contributed by atoms with Crippen molar-refractivity contribution in [1.82, 2.24) is 15.1 Å². The number of aryl methyl sites for hydroxylation is 2. The number of amides is 1. The van der Waals surface area contributed by atoms with Crippen LogP contribution in [0, 0.1) is 0 Å². The number of hydrogen-bond donors (Lipinski definition) is 1. The highest BCUT2D eigenvalue weighted by Crippen LogP contribution is 2.19. The predicted molar refractivity (Wildman–Crippen MR) is 120 cm³/mol. The highest BCUT2D eigenvalue weighted by Gasteiger charge is 2.22. The van der Waals surface area contributed by atoms with Crippen LogP contribution in [0.2, 0.25) is 0 Å². The van der Waals surface area contributed by atoms with Crippen molar-refractivity contribution in [3.05, 3.63) is 46.8 Å². The Morgan fingerprint density at radius 1 is 1.25 bits per heavy atom. The quantitative estimate of drug-likeness (QED) is 0.498. The van der Waals surface area contributed by atoms with E-state index < -0.39 is 0 Å². The molecule has 0 aliphatic carbocycles. The van der Waals surface area contributed by atoms with E-state index in [4.69, 9.17) is 19.3 Å². The smallest absolute Gasteiger partial charge is 0.338 e. The van der Waals surface area contributed by atoms with Gasteiger partial charge in [-0.05, 0) is 50.8 Å². The van der Waals surface area contributed by atoms with Crippen LogP contribution in [0.25, 0.3) is 0 Å². The Hall–Kier alpha value is -2.87. The second kappa shape index (κ2) is 12.2. The molecule has 2 aromatic rings. The van der Waals surface area contributed by atoms with Crippen molar-refractivity contribution in [2.75, 3.05) is 33.0 Å². The largest absolute Gasteiger partial charge is 0.494 e. The van der Waals surface area contributed by atoms with E-state index in [1.54, 1.807) is 18.2 Å². The fourth-order valence-corrected chi connectivity index (χ4v) is 3.75. The minimum absolute atomic E-state index is 0.0643. The molecule has 0 fully saturated rings. The normalized spacial score (nSPS) is 14.8. The van der Waals surface area contributed by atoms with Gasteiger partial charge in [-0.3, -0.25) is 9.48 Å². The molecular weight excluding hydrogens is 410 g/mol. The van der Waals surface area contributed by atoms with Crippen LogP contribution >= 0.6 is 0 Å². The molecule has 1 aromatic carbocycles. The number of nitrogens with zero attached hydrogens (tertiary/aromatic N) is 2. The fraction of sp³-hybridized carbons (Fsp3) is 0.542. The molecule has 2 heterocycles. The average molecular weight is 444 g/mol. The summed E-state index contributed by atoms with van der Waals surface area (Å²) in [5.74, 6) is 0.205. The van der Waals surface area contributed by atoms with Gasteiger partial charge in [0.05, 0.1) is 35.7 Å². The molecule has 0 radical (unpaired) electrons. The summed E-state index contributed by atoms with van der Waals surface area (Å²) in [4.78, 5) is 25.2. The molecule has 1 N–H and O–H groups in total. The number of benzene rings is 1. The van der Waals surface area contributed by atoms with Crippen LogP contribution in [0.15, 0.2) is 24.3 Å². The van der Waals surface area contributed by atoms with Gasteiger partial charge in [-0.2, -0.15) is 5.10 Å². The van der Waals surface area contributed by atoms with Crippen molar-refractivity contribution in [1.29, 1.82) is 0 Å². The first-order valence-electron chi connectivity index (χ1n) is 11.5. The number of hydrogen-bond acceptors (Lipinski definition) is 6. The molecule has 0 spiro atoms. The van der Waals surface area contributed by atoms with Gasteiger partial charge in [0.25, 0.3) is 5.91 Å². The van der Waals surface area contributed by atoms with E-state index in [1.807, 2.05) is 24.6 Å². The van der Waals surface area contributed by atoms with E-state index in [9.17, 15) is 9.59 Å². The Balaban J connectivity index is 1.62. The maximum Gasteiger partial charge on any atom is 0.338 e. The van der Waals surface area contributed by atoms with Gasteiger partial charge in [-0.15, -0.1) is 0 Å². The van der Waals surface area contributed by atoms with Gasteiger partial charge in [0.2, 0.25) is 0 Å². The first-order chi connectivity index (χ1) is 15.6. The lowest BCUT2D eigenvalue weighted by Crippen LogP contribution is -2.26. The van der Waals surface area contributed by atoms with Crippen LogP contribution in [0.5, 0.6) is 5.75 Å². The Bertz CT molecular complexity index is 909. The number of nitrogens with one attached hydrogen (secondary N) is 1. The average Bonchev–Trinajstić information content (AvgIpc) is 3.14. The summed E-state index contributed by atoms with van der Waals surface area (Å²) in [5, 5.41) is 7.68. The topological polar surface area (TPSA) is 91.7 Å². The summed E-state index contributed by atoms with van der Waals surface area (Å²) in [5.41, 5.74) is 2.90. The van der Waals surface area contributed by atoms with Crippen molar-refractivity contribution in [2.24, 2.45) is 0 Å². The summed E-state index contributed by atoms with van der Waals surface area (Å²) < 4.78 is 18.4. The van der Waals surface area contributed by atoms with Crippen LogP contribution in [-0.4, -0.2) is 54.6 Å². The molecule has 174 valence electrons. The Morgan fingerprint density at radius 3 is 2.91 bits per heavy atom. The lowest BCUT2D eigenvalue weighted by molar-refractivity contribution is 0.0494. The number of fused-ring (bicyclic) bond motifs is 1. The van der Waals surface area contributed by atoms with Crippen LogP contribution in [-0.2, 0) is 28.9 Å². The molecule has 1 amide bonds. The first-order valence-corrected chi connectivity index (χ1v) is 11.5. The van der Waals surface area contributed by atoms with Gasteiger partial charge in [0.15, 0.2) is 0 Å². The van der Waals surface area contributed by atoms with Gasteiger partial charge >= 0.3 is 5.97 Å². The van der Waals surface area contributed by atoms with Crippen molar-refractivity contribution >= 4 is 11.9 Å². The third-order valence-electron chi connectivity index (χ3n) is 5.27. The van der Waals surface area contributed by atoms with Gasteiger partial charge in [0.1, 0.15) is 5.75 Å². The molecule has 1 aromatic heterocycles. The number of carbonyl (C=O) groups is 2. The molecule has 0 saturated heterocycles. The minimum Gasteiger partial charge on any atom is -0.494 e. The van der Waals surface area contributed by atoms with E-state index in [1.165, 1.54) is 0 Å². The molecule has 8 nitrogen and oxygen atoms in total. The molecule has 8 heteroatoms. The van der Waals surface area contributed by atoms with E-state index in [-0.39, 0.29) is 18.5 Å². The Kier molecular flexibility index (Phi) is 9.10. The second-order valence-electron chi connectivity index (χ2n) is 7.62. The van der Waals surface area contributed by atoms with Crippen LogP contribution in [0.4, 0.5) is 0 Å². The van der Waals surface area contributed by atoms with Gasteiger partial charge in [-0.25, -0.2) is 4.79 Å². The molecular formula is C24H33N3O5. The minimum atomic E-state index is -0.378. The zero-order valence-electron chi connectivity index (χ0n) is 19.0. The first kappa shape index (κ1) is 23.8. The van der Waals surface area contributed by atoms with E-state index >= 15 is 0 Å². The standard InChI is InChI=1S/C24H33N3O5/c1-3-20-22-21(11-6-14-30-15-7-12-25-23(22)28)27(26-20)13-8-16-32-24(29)18-9-5-10-19(17-18)31-4-2/h5,9-10,17H,3-4,6-8,11-16H2,1-2H3,(H,25,28). The van der Waals surface area contributed by atoms with Crippen LogP contribution < -0.4 is 10.1 Å². The molecule has 1 aliphatic heterocycles. The summed E-state index contributed by atoms with van der Waals surface area (Å²) in [6, 6.07) is 6.98. The van der Waals surface area contributed by atoms with Gasteiger partial charge in [0, 0.05) is 32.7 Å². The maximum atomic E-state index is 12.8. The Labute approximate surface area is 189 Å². The Morgan fingerprint density at radius 2 is 2.09 bits per heavy atom. The van der Waals surface area contributed by atoms with Gasteiger partial charge in [-0.1, -0.05) is 13.0 Å². The molecule has 32 heavy (non-hydrogen) atoms. The highest BCUT2D eigenvalue weighted by molar-refractivity contribution is 5.96. The number of rotatable bonds is 8. The fourth-order valence-electron chi connectivity index (χ4n) is 3.75. The lowest BCUT2D eigenvalue weighted by atomic mass is 10.1. The molecule has 1 aliphatic rings. The van der Waals surface area contributed by atoms with Gasteiger partial charge < -0.3 is 19.5 Å². The third kappa shape index (κ3) is 6.32. The number of ether oxygens (including phenoxy) is 3. The summed E-state index contributed by atoms with van der Waals surface area (Å²) in [7, 11) is 0. The summed E-state index contributed by atoms with van der Waals surface area (Å²) >= 11 is 0. The summed E-state index contributed by atoms with van der Waals surface area (Å²) in [6.07, 6.45) is 3.65. The van der Waals surface area contributed by atoms with Crippen LogP contribution in [0.3, 0.4) is 0 Å². The van der Waals surface area contributed by atoms with Crippen LogP contribution in [0.1, 0.15) is 65.2 Å². The highest BCUT2D eigenvalue weighted by atomic mass is 16.5. The van der Waals surface area contributed by atoms with Crippen molar-refractivity contribution < 1.29 is 23.8 Å².